The van der Waals surface area contributed by atoms with Crippen LogP contribution in [0, 0.1) is 12.8 Å². The van der Waals surface area contributed by atoms with Gasteiger partial charge < -0.3 is 4.74 Å². The van der Waals surface area contributed by atoms with Crippen LogP contribution in [0.15, 0.2) is 29.5 Å². The Morgan fingerprint density at radius 3 is 2.76 bits per heavy atom. The van der Waals surface area contributed by atoms with Crippen molar-refractivity contribution in [1.82, 2.24) is 9.78 Å². The molecule has 1 fully saturated rings. The molecule has 1 aliphatic carbocycles. The van der Waals surface area contributed by atoms with Crippen molar-refractivity contribution in [2.45, 2.75) is 53.1 Å². The highest BCUT2D eigenvalue weighted by molar-refractivity contribution is 5.88. The molecule has 25 heavy (non-hydrogen) atoms. The van der Waals surface area contributed by atoms with Gasteiger partial charge >= 0.3 is 6.09 Å². The Morgan fingerprint density at radius 1 is 1.52 bits per heavy atom. The van der Waals surface area contributed by atoms with Gasteiger partial charge in [-0.3, -0.25) is 9.89 Å². The average Bonchev–Trinajstić information content (AvgIpc) is 3.24. The third-order valence-electron chi connectivity index (χ3n) is 3.81. The smallest absolute Gasteiger partial charge is 0.414 e. The number of ether oxygens (including phenoxy) is 1. The van der Waals surface area contributed by atoms with Gasteiger partial charge in [-0.1, -0.05) is 0 Å². The molecule has 0 spiro atoms. The predicted molar refractivity (Wildman–Crippen MR) is 102 cm³/mol. The molecule has 6 heteroatoms. The number of aliphatic imine (C=N–C) groups is 1. The fourth-order valence-electron chi connectivity index (χ4n) is 2.36. The highest BCUT2D eigenvalue weighted by atomic mass is 16.6. The molecule has 6 nitrogen and oxygen atoms in total. The summed E-state index contributed by atoms with van der Waals surface area (Å²) < 4.78 is 7.36. The first kappa shape index (κ1) is 19.0. The summed E-state index contributed by atoms with van der Waals surface area (Å²) in [5.74, 6) is 0.550. The van der Waals surface area contributed by atoms with Gasteiger partial charge in [0, 0.05) is 18.4 Å². The van der Waals surface area contributed by atoms with Gasteiger partial charge in [0.25, 0.3) is 0 Å². The van der Waals surface area contributed by atoms with E-state index < -0.39 is 5.60 Å². The van der Waals surface area contributed by atoms with Crippen molar-refractivity contribution in [2.24, 2.45) is 10.9 Å². The lowest BCUT2D eigenvalue weighted by atomic mass is 10.2. The molecule has 1 amide bonds. The van der Waals surface area contributed by atoms with Gasteiger partial charge in [-0.15, -0.1) is 0 Å². The van der Waals surface area contributed by atoms with Crippen molar-refractivity contribution in [3.63, 3.8) is 0 Å². The molecule has 0 atom stereocenters. The lowest BCUT2D eigenvalue weighted by Gasteiger charge is -2.27. The SMILES string of the molecule is C=NC=CC=C(C)n1cc(N(CC2CC2)C(=O)OC(C)(C)C)c(C)n1. The van der Waals surface area contributed by atoms with E-state index in [-0.39, 0.29) is 6.09 Å². The molecule has 1 heterocycles. The van der Waals surface area contributed by atoms with Crippen LogP contribution in [0.1, 0.15) is 46.2 Å². The fraction of sp³-hybridized carbons (Fsp3) is 0.526. The van der Waals surface area contributed by atoms with Crippen LogP contribution in [0.3, 0.4) is 0 Å². The first-order valence-corrected chi connectivity index (χ1v) is 8.57. The van der Waals surface area contributed by atoms with Crippen molar-refractivity contribution in [2.75, 3.05) is 11.4 Å². The molecule has 1 aromatic rings. The van der Waals surface area contributed by atoms with Crippen LogP contribution >= 0.6 is 0 Å². The van der Waals surface area contributed by atoms with E-state index in [1.54, 1.807) is 21.9 Å². The number of amides is 1. The minimum atomic E-state index is -0.527. The summed E-state index contributed by atoms with van der Waals surface area (Å²) in [5.41, 5.74) is 1.98. The summed E-state index contributed by atoms with van der Waals surface area (Å²) in [4.78, 5) is 18.1. The summed E-state index contributed by atoms with van der Waals surface area (Å²) in [7, 11) is 0. The maximum atomic E-state index is 12.7. The summed E-state index contributed by atoms with van der Waals surface area (Å²) in [6.07, 6.45) is 9.18. The van der Waals surface area contributed by atoms with E-state index in [0.29, 0.717) is 12.5 Å². The molecular weight excluding hydrogens is 316 g/mol. The number of nitrogens with zero attached hydrogens (tertiary/aromatic N) is 4. The van der Waals surface area contributed by atoms with Gasteiger partial charge in [0.1, 0.15) is 5.60 Å². The lowest BCUT2D eigenvalue weighted by Crippen LogP contribution is -2.38. The minimum absolute atomic E-state index is 0.320. The molecule has 0 aliphatic heterocycles. The maximum absolute atomic E-state index is 12.7. The molecule has 136 valence electrons. The van der Waals surface area contributed by atoms with Crippen LogP contribution in [0.5, 0.6) is 0 Å². The number of carbonyl (C=O) groups is 1. The van der Waals surface area contributed by atoms with Crippen LogP contribution in [-0.4, -0.2) is 34.7 Å². The van der Waals surface area contributed by atoms with Crippen LogP contribution in [0.2, 0.25) is 0 Å². The second-order valence-corrected chi connectivity index (χ2v) is 7.41. The Morgan fingerprint density at radius 2 is 2.20 bits per heavy atom. The van der Waals surface area contributed by atoms with Crippen molar-refractivity contribution in [3.8, 4) is 0 Å². The molecular formula is C19H28N4O2. The molecule has 0 saturated heterocycles. The van der Waals surface area contributed by atoms with Gasteiger partial charge in [-0.25, -0.2) is 9.48 Å². The van der Waals surface area contributed by atoms with Crippen molar-refractivity contribution >= 4 is 24.2 Å². The summed E-state index contributed by atoms with van der Waals surface area (Å²) in [5, 5.41) is 4.54. The lowest BCUT2D eigenvalue weighted by molar-refractivity contribution is 0.0578. The molecule has 2 rings (SSSR count). The van der Waals surface area contributed by atoms with Gasteiger partial charge in [-0.05, 0) is 72.2 Å². The van der Waals surface area contributed by atoms with Crippen LogP contribution in [-0.2, 0) is 4.74 Å². The Bertz CT molecular complexity index is 691. The van der Waals surface area contributed by atoms with Crippen molar-refractivity contribution < 1.29 is 9.53 Å². The molecule has 0 aromatic carbocycles. The van der Waals surface area contributed by atoms with Crippen LogP contribution in [0.25, 0.3) is 5.70 Å². The van der Waals surface area contributed by atoms with Crippen LogP contribution < -0.4 is 4.90 Å². The van der Waals surface area contributed by atoms with E-state index in [4.69, 9.17) is 4.74 Å². The quantitative estimate of drug-likeness (QED) is 0.567. The summed E-state index contributed by atoms with van der Waals surface area (Å²) >= 11 is 0. The Kier molecular flexibility index (Phi) is 5.82. The zero-order valence-electron chi connectivity index (χ0n) is 15.8. The van der Waals surface area contributed by atoms with Gasteiger partial charge in [0.05, 0.1) is 17.6 Å². The van der Waals surface area contributed by atoms with E-state index in [1.165, 1.54) is 0 Å². The number of hydrogen-bond acceptors (Lipinski definition) is 4. The fourth-order valence-corrected chi connectivity index (χ4v) is 2.36. The van der Waals surface area contributed by atoms with Gasteiger partial charge in [-0.2, -0.15) is 5.10 Å². The number of allylic oxidation sites excluding steroid dienone is 3. The Hall–Kier alpha value is -2.37. The molecule has 1 aromatic heterocycles. The van der Waals surface area contributed by atoms with Crippen LogP contribution in [0.4, 0.5) is 10.5 Å². The highest BCUT2D eigenvalue weighted by Crippen LogP contribution is 2.33. The first-order chi connectivity index (χ1) is 11.7. The Balaban J connectivity index is 2.27. The maximum Gasteiger partial charge on any atom is 0.414 e. The van der Waals surface area contributed by atoms with E-state index in [1.807, 2.05) is 46.9 Å². The standard InChI is InChI=1S/C19H28N4O2/c1-14(8-7-11-20-6)23-13-17(15(2)21-23)22(12-16-9-10-16)18(24)25-19(3,4)5/h7-8,11,13,16H,6,9-10,12H2,1-5H3. The normalized spacial score (nSPS) is 15.5. The predicted octanol–water partition coefficient (Wildman–Crippen LogP) is 4.42. The topological polar surface area (TPSA) is 59.7 Å². The number of hydrogen-bond donors (Lipinski definition) is 0. The third-order valence-corrected chi connectivity index (χ3v) is 3.81. The zero-order valence-corrected chi connectivity index (χ0v) is 15.8. The van der Waals surface area contributed by atoms with Gasteiger partial charge in [0.2, 0.25) is 0 Å². The number of carbonyl (C=O) groups excluding carboxylic acids is 1. The molecule has 0 unspecified atom stereocenters. The second kappa shape index (κ2) is 7.68. The monoisotopic (exact) mass is 344 g/mol. The van der Waals surface area contributed by atoms with Gasteiger partial charge in [0.15, 0.2) is 0 Å². The average molecular weight is 344 g/mol. The zero-order chi connectivity index (χ0) is 18.6. The number of anilines is 1. The van der Waals surface area contributed by atoms with E-state index in [0.717, 1.165) is 29.9 Å². The molecule has 0 radical (unpaired) electrons. The number of rotatable bonds is 6. The van der Waals surface area contributed by atoms with Crippen molar-refractivity contribution in [3.05, 3.63) is 30.2 Å². The highest BCUT2D eigenvalue weighted by Gasteiger charge is 2.32. The first-order valence-electron chi connectivity index (χ1n) is 8.57. The van der Waals surface area contributed by atoms with E-state index in [2.05, 4.69) is 16.8 Å². The largest absolute Gasteiger partial charge is 0.443 e. The Labute approximate surface area is 149 Å². The number of aromatic nitrogens is 2. The number of aryl methyl sites for hydroxylation is 1. The molecule has 1 saturated carbocycles. The minimum Gasteiger partial charge on any atom is -0.443 e. The summed E-state index contributed by atoms with van der Waals surface area (Å²) in [6, 6.07) is 0. The molecule has 0 bridgehead atoms. The third kappa shape index (κ3) is 5.59. The molecule has 1 aliphatic rings. The summed E-state index contributed by atoms with van der Waals surface area (Å²) in [6.45, 7) is 13.6. The second-order valence-electron chi connectivity index (χ2n) is 7.41. The van der Waals surface area contributed by atoms with E-state index >= 15 is 0 Å². The van der Waals surface area contributed by atoms with E-state index in [9.17, 15) is 4.79 Å². The van der Waals surface area contributed by atoms with Crippen molar-refractivity contribution in [1.29, 1.82) is 0 Å². The molecule has 0 N–H and O–H groups in total.